The van der Waals surface area contributed by atoms with Crippen molar-refractivity contribution in [3.8, 4) is 0 Å². The standard InChI is InChI=1S/C6H10F4O4S/c1-3-14-4(2)5(7,8)6(9,10)15(11,12)13/h4H,3H2,1-2H3,(H,11,12,13). The molecule has 1 atom stereocenters. The molecule has 15 heavy (non-hydrogen) atoms. The number of hydrogen-bond donors (Lipinski definition) is 1. The predicted molar refractivity (Wildman–Crippen MR) is 42.5 cm³/mol. The monoisotopic (exact) mass is 254 g/mol. The quantitative estimate of drug-likeness (QED) is 0.597. The van der Waals surface area contributed by atoms with Crippen molar-refractivity contribution in [1.82, 2.24) is 0 Å². The van der Waals surface area contributed by atoms with Gasteiger partial charge >= 0.3 is 21.3 Å². The van der Waals surface area contributed by atoms with E-state index in [1.54, 1.807) is 0 Å². The molecule has 0 bridgehead atoms. The fourth-order valence-electron chi connectivity index (χ4n) is 0.763. The lowest BCUT2D eigenvalue weighted by Crippen LogP contribution is -2.53. The number of ether oxygens (including phenoxy) is 1. The Bertz CT molecular complexity index is 313. The molecule has 0 aromatic carbocycles. The van der Waals surface area contributed by atoms with Gasteiger partial charge in [0.2, 0.25) is 0 Å². The first-order valence-electron chi connectivity index (χ1n) is 3.82. The second-order valence-corrected chi connectivity index (χ2v) is 4.18. The van der Waals surface area contributed by atoms with E-state index >= 15 is 0 Å². The van der Waals surface area contributed by atoms with Crippen LogP contribution >= 0.6 is 0 Å². The summed E-state index contributed by atoms with van der Waals surface area (Å²) in [4.78, 5) is 0. The second-order valence-electron chi connectivity index (χ2n) is 2.71. The Hall–Kier alpha value is -0.410. The predicted octanol–water partition coefficient (Wildman–Crippen LogP) is 1.53. The van der Waals surface area contributed by atoms with E-state index < -0.39 is 27.4 Å². The Morgan fingerprint density at radius 1 is 1.33 bits per heavy atom. The fraction of sp³-hybridized carbons (Fsp3) is 1.00. The van der Waals surface area contributed by atoms with Gasteiger partial charge < -0.3 is 4.74 Å². The number of alkyl halides is 4. The Morgan fingerprint density at radius 3 is 2.00 bits per heavy atom. The van der Waals surface area contributed by atoms with Crippen LogP contribution in [0.25, 0.3) is 0 Å². The molecule has 9 heteroatoms. The highest BCUT2D eigenvalue weighted by Gasteiger charge is 2.68. The Balaban J connectivity index is 5.19. The first-order chi connectivity index (χ1) is 6.48. The minimum atomic E-state index is -6.19. The highest BCUT2D eigenvalue weighted by Crippen LogP contribution is 2.41. The van der Waals surface area contributed by atoms with E-state index in [9.17, 15) is 26.0 Å². The van der Waals surface area contributed by atoms with E-state index in [1.165, 1.54) is 6.92 Å². The summed E-state index contributed by atoms with van der Waals surface area (Å²) in [6.45, 7) is 1.57. The van der Waals surface area contributed by atoms with Crippen LogP contribution in [-0.4, -0.2) is 36.9 Å². The van der Waals surface area contributed by atoms with Crippen molar-refractivity contribution >= 4 is 10.1 Å². The Labute approximate surface area is 84.0 Å². The third kappa shape index (κ3) is 2.58. The molecule has 0 saturated heterocycles. The summed E-state index contributed by atoms with van der Waals surface area (Å²) in [7, 11) is -6.19. The van der Waals surface area contributed by atoms with Crippen LogP contribution in [0.5, 0.6) is 0 Å². The van der Waals surface area contributed by atoms with Gasteiger partial charge in [-0.3, -0.25) is 4.55 Å². The van der Waals surface area contributed by atoms with Gasteiger partial charge in [-0.05, 0) is 13.8 Å². The second kappa shape index (κ2) is 4.22. The maximum absolute atomic E-state index is 12.9. The first-order valence-corrected chi connectivity index (χ1v) is 5.26. The molecule has 0 heterocycles. The molecular formula is C6H10F4O4S. The van der Waals surface area contributed by atoms with Crippen molar-refractivity contribution in [2.24, 2.45) is 0 Å². The van der Waals surface area contributed by atoms with Crippen LogP contribution in [0.1, 0.15) is 13.8 Å². The summed E-state index contributed by atoms with van der Waals surface area (Å²) in [5.74, 6) is -5.00. The van der Waals surface area contributed by atoms with Gasteiger partial charge in [0, 0.05) is 6.61 Å². The molecule has 0 rings (SSSR count). The van der Waals surface area contributed by atoms with Crippen LogP contribution in [0, 0.1) is 0 Å². The SMILES string of the molecule is CCOC(C)C(F)(F)C(F)(F)S(=O)(=O)O. The van der Waals surface area contributed by atoms with Crippen molar-refractivity contribution in [1.29, 1.82) is 0 Å². The normalized spacial score (nSPS) is 16.5. The van der Waals surface area contributed by atoms with Crippen LogP contribution in [-0.2, 0) is 14.9 Å². The van der Waals surface area contributed by atoms with E-state index in [2.05, 4.69) is 4.74 Å². The van der Waals surface area contributed by atoms with Crippen molar-refractivity contribution in [3.63, 3.8) is 0 Å². The van der Waals surface area contributed by atoms with Crippen LogP contribution in [0.15, 0.2) is 0 Å². The molecule has 0 aliphatic carbocycles. The van der Waals surface area contributed by atoms with Crippen molar-refractivity contribution in [2.45, 2.75) is 31.1 Å². The third-order valence-corrected chi connectivity index (χ3v) is 2.56. The van der Waals surface area contributed by atoms with Gasteiger partial charge in [-0.15, -0.1) is 0 Å². The summed E-state index contributed by atoms with van der Waals surface area (Å²) < 4.78 is 83.3. The largest absolute Gasteiger partial charge is 0.434 e. The molecule has 1 unspecified atom stereocenters. The number of rotatable bonds is 5. The molecule has 0 radical (unpaired) electrons. The lowest BCUT2D eigenvalue weighted by Gasteiger charge is -2.28. The summed E-state index contributed by atoms with van der Waals surface area (Å²) in [5.41, 5.74) is 0. The molecule has 0 aliphatic rings. The molecule has 0 aromatic heterocycles. The molecule has 1 N–H and O–H groups in total. The molecule has 4 nitrogen and oxygen atoms in total. The molecule has 92 valence electrons. The average molecular weight is 254 g/mol. The van der Waals surface area contributed by atoms with E-state index in [4.69, 9.17) is 4.55 Å². The Kier molecular flexibility index (Phi) is 4.11. The zero-order chi connectivity index (χ0) is 12.5. The van der Waals surface area contributed by atoms with E-state index in [1.807, 2.05) is 0 Å². The van der Waals surface area contributed by atoms with Gasteiger partial charge in [-0.2, -0.15) is 26.0 Å². The highest BCUT2D eigenvalue weighted by molar-refractivity contribution is 7.87. The first kappa shape index (κ1) is 14.6. The zero-order valence-corrected chi connectivity index (χ0v) is 8.69. The van der Waals surface area contributed by atoms with E-state index in [0.29, 0.717) is 6.92 Å². The molecule has 0 aliphatic heterocycles. The topological polar surface area (TPSA) is 63.6 Å². The minimum absolute atomic E-state index is 0.293. The summed E-state index contributed by atoms with van der Waals surface area (Å²) in [6.07, 6.45) is -2.33. The maximum atomic E-state index is 12.9. The summed E-state index contributed by atoms with van der Waals surface area (Å²) in [6, 6.07) is 0. The molecule has 0 aromatic rings. The van der Waals surface area contributed by atoms with Crippen molar-refractivity contribution in [3.05, 3.63) is 0 Å². The van der Waals surface area contributed by atoms with Crippen molar-refractivity contribution < 1.29 is 35.3 Å². The van der Waals surface area contributed by atoms with Crippen molar-refractivity contribution in [2.75, 3.05) is 6.61 Å². The minimum Gasteiger partial charge on any atom is -0.372 e. The van der Waals surface area contributed by atoms with E-state index in [0.717, 1.165) is 0 Å². The van der Waals surface area contributed by atoms with Crippen LogP contribution < -0.4 is 0 Å². The van der Waals surface area contributed by atoms with Gasteiger partial charge in [0.05, 0.1) is 0 Å². The van der Waals surface area contributed by atoms with Gasteiger partial charge in [-0.1, -0.05) is 0 Å². The van der Waals surface area contributed by atoms with E-state index in [-0.39, 0.29) is 6.61 Å². The van der Waals surface area contributed by atoms with Crippen LogP contribution in [0.3, 0.4) is 0 Å². The molecule has 0 amide bonds. The molecule has 0 saturated carbocycles. The highest BCUT2D eigenvalue weighted by atomic mass is 32.2. The van der Waals surface area contributed by atoms with Gasteiger partial charge in [0.1, 0.15) is 6.10 Å². The zero-order valence-electron chi connectivity index (χ0n) is 7.88. The summed E-state index contributed by atoms with van der Waals surface area (Å²) in [5, 5.41) is -5.57. The van der Waals surface area contributed by atoms with Crippen LogP contribution in [0.4, 0.5) is 17.6 Å². The number of halogens is 4. The molecule has 0 fully saturated rings. The number of hydrogen-bond acceptors (Lipinski definition) is 3. The molecular weight excluding hydrogens is 244 g/mol. The Morgan fingerprint density at radius 2 is 1.73 bits per heavy atom. The fourth-order valence-corrected chi connectivity index (χ4v) is 1.27. The van der Waals surface area contributed by atoms with Gasteiger partial charge in [0.25, 0.3) is 0 Å². The van der Waals surface area contributed by atoms with Gasteiger partial charge in [-0.25, -0.2) is 0 Å². The van der Waals surface area contributed by atoms with Crippen LogP contribution in [0.2, 0.25) is 0 Å². The maximum Gasteiger partial charge on any atom is 0.434 e. The smallest absolute Gasteiger partial charge is 0.372 e. The lowest BCUT2D eigenvalue weighted by atomic mass is 10.2. The molecule has 0 spiro atoms. The lowest BCUT2D eigenvalue weighted by molar-refractivity contribution is -0.221. The summed E-state index contributed by atoms with van der Waals surface area (Å²) >= 11 is 0. The third-order valence-electron chi connectivity index (χ3n) is 1.64. The van der Waals surface area contributed by atoms with Gasteiger partial charge in [0.15, 0.2) is 0 Å². The average Bonchev–Trinajstić information content (AvgIpc) is 2.02.